The van der Waals surface area contributed by atoms with Crippen LogP contribution in [0.1, 0.15) is 6.92 Å². The Morgan fingerprint density at radius 1 is 1.08 bits per heavy atom. The minimum atomic E-state index is -0.431. The summed E-state index contributed by atoms with van der Waals surface area (Å²) in [5.41, 5.74) is 0.535. The van der Waals surface area contributed by atoms with Crippen molar-refractivity contribution in [3.8, 4) is 5.75 Å². The highest BCUT2D eigenvalue weighted by Crippen LogP contribution is 2.24. The zero-order chi connectivity index (χ0) is 17.4. The highest BCUT2D eigenvalue weighted by Gasteiger charge is 2.17. The standard InChI is InChI=1S/C18H19NO4S/c1-13(24-14-8-4-3-5-9-14)18(21)23-12-17(20)19-15-10-6-7-11-16(15)22-2/h3-11,13H,12H2,1-2H3,(H,19,20)/t13-/m0/s1. The maximum absolute atomic E-state index is 12.0. The van der Waals surface area contributed by atoms with Gasteiger partial charge in [0.2, 0.25) is 0 Å². The van der Waals surface area contributed by atoms with Gasteiger partial charge in [0.25, 0.3) is 5.91 Å². The van der Waals surface area contributed by atoms with E-state index in [2.05, 4.69) is 5.32 Å². The molecule has 0 aliphatic heterocycles. The second-order valence-corrected chi connectivity index (χ2v) is 6.34. The molecule has 6 heteroatoms. The maximum atomic E-state index is 12.0. The molecule has 1 N–H and O–H groups in total. The third-order valence-corrected chi connectivity index (χ3v) is 4.20. The third-order valence-electron chi connectivity index (χ3n) is 3.11. The number of amides is 1. The number of carbonyl (C=O) groups excluding carboxylic acids is 2. The average molecular weight is 345 g/mol. The van der Waals surface area contributed by atoms with Crippen LogP contribution in [0.15, 0.2) is 59.5 Å². The molecule has 24 heavy (non-hydrogen) atoms. The number of hydrogen-bond acceptors (Lipinski definition) is 5. The van der Waals surface area contributed by atoms with Crippen molar-refractivity contribution < 1.29 is 19.1 Å². The van der Waals surface area contributed by atoms with Crippen LogP contribution in [0.4, 0.5) is 5.69 Å². The first-order valence-electron chi connectivity index (χ1n) is 7.41. The first-order chi connectivity index (χ1) is 11.6. The summed E-state index contributed by atoms with van der Waals surface area (Å²) in [6.45, 7) is 1.41. The van der Waals surface area contributed by atoms with E-state index in [0.717, 1.165) is 4.90 Å². The molecule has 2 aromatic carbocycles. The summed E-state index contributed by atoms with van der Waals surface area (Å²) in [5.74, 6) is -0.297. The molecule has 2 aromatic rings. The number of anilines is 1. The van der Waals surface area contributed by atoms with Gasteiger partial charge in [-0.2, -0.15) is 0 Å². The summed E-state index contributed by atoms with van der Waals surface area (Å²) in [5, 5.41) is 2.26. The van der Waals surface area contributed by atoms with Gasteiger partial charge in [-0.15, -0.1) is 11.8 Å². The van der Waals surface area contributed by atoms with Gasteiger partial charge in [-0.05, 0) is 31.2 Å². The normalized spacial score (nSPS) is 11.4. The molecule has 0 aliphatic carbocycles. The van der Waals surface area contributed by atoms with E-state index in [1.54, 1.807) is 31.2 Å². The lowest BCUT2D eigenvalue weighted by Crippen LogP contribution is -2.25. The third kappa shape index (κ3) is 5.31. The number of carbonyl (C=O) groups is 2. The zero-order valence-electron chi connectivity index (χ0n) is 13.5. The minimum Gasteiger partial charge on any atom is -0.495 e. The Labute approximate surface area is 145 Å². The molecule has 126 valence electrons. The fourth-order valence-corrected chi connectivity index (χ4v) is 2.83. The number of benzene rings is 2. The molecule has 1 amide bonds. The van der Waals surface area contributed by atoms with Gasteiger partial charge in [0.05, 0.1) is 12.8 Å². The van der Waals surface area contributed by atoms with E-state index in [9.17, 15) is 9.59 Å². The SMILES string of the molecule is COc1ccccc1NC(=O)COC(=O)[C@H](C)Sc1ccccc1. The van der Waals surface area contributed by atoms with Crippen LogP contribution in [0.3, 0.4) is 0 Å². The van der Waals surface area contributed by atoms with Crippen LogP contribution >= 0.6 is 11.8 Å². The Bertz CT molecular complexity index is 690. The molecule has 0 fully saturated rings. The molecular weight excluding hydrogens is 326 g/mol. The van der Waals surface area contributed by atoms with E-state index < -0.39 is 17.1 Å². The van der Waals surface area contributed by atoms with Crippen molar-refractivity contribution in [3.05, 3.63) is 54.6 Å². The smallest absolute Gasteiger partial charge is 0.319 e. The molecule has 0 radical (unpaired) electrons. The molecule has 0 bridgehead atoms. The van der Waals surface area contributed by atoms with Crippen molar-refractivity contribution in [3.63, 3.8) is 0 Å². The number of para-hydroxylation sites is 2. The zero-order valence-corrected chi connectivity index (χ0v) is 14.3. The molecule has 0 aromatic heterocycles. The van der Waals surface area contributed by atoms with Crippen molar-refractivity contribution in [1.29, 1.82) is 0 Å². The van der Waals surface area contributed by atoms with Gasteiger partial charge >= 0.3 is 5.97 Å². The lowest BCUT2D eigenvalue weighted by Gasteiger charge is -2.12. The summed E-state index contributed by atoms with van der Waals surface area (Å²) in [7, 11) is 1.52. The second kappa shape index (κ2) is 8.98. The van der Waals surface area contributed by atoms with Crippen LogP contribution in [0.2, 0.25) is 0 Å². The van der Waals surface area contributed by atoms with Crippen molar-refractivity contribution in [2.45, 2.75) is 17.1 Å². The number of nitrogens with one attached hydrogen (secondary N) is 1. The molecule has 0 spiro atoms. The van der Waals surface area contributed by atoms with E-state index in [1.165, 1.54) is 18.9 Å². The van der Waals surface area contributed by atoms with Crippen molar-refractivity contribution in [1.82, 2.24) is 0 Å². The first-order valence-corrected chi connectivity index (χ1v) is 8.29. The number of esters is 1. The molecule has 1 atom stereocenters. The fraction of sp³-hybridized carbons (Fsp3) is 0.222. The van der Waals surface area contributed by atoms with Gasteiger partial charge < -0.3 is 14.8 Å². The summed E-state index contributed by atoms with van der Waals surface area (Å²) < 4.78 is 10.2. The van der Waals surface area contributed by atoms with Gasteiger partial charge in [0, 0.05) is 4.90 Å². The van der Waals surface area contributed by atoms with E-state index >= 15 is 0 Å². The molecule has 0 unspecified atom stereocenters. The van der Waals surface area contributed by atoms with Gasteiger partial charge in [-0.25, -0.2) is 0 Å². The number of methoxy groups -OCH3 is 1. The van der Waals surface area contributed by atoms with Crippen molar-refractivity contribution in [2.24, 2.45) is 0 Å². The van der Waals surface area contributed by atoms with Crippen molar-refractivity contribution >= 4 is 29.3 Å². The lowest BCUT2D eigenvalue weighted by atomic mass is 10.3. The molecular formula is C18H19NO4S. The van der Waals surface area contributed by atoms with E-state index in [4.69, 9.17) is 9.47 Å². The van der Waals surface area contributed by atoms with Gasteiger partial charge in [-0.1, -0.05) is 30.3 Å². The number of hydrogen-bond donors (Lipinski definition) is 1. The number of ether oxygens (including phenoxy) is 2. The lowest BCUT2D eigenvalue weighted by molar-refractivity contribution is -0.146. The Hall–Kier alpha value is -2.47. The Kier molecular flexibility index (Phi) is 6.69. The van der Waals surface area contributed by atoms with E-state index in [0.29, 0.717) is 11.4 Å². The maximum Gasteiger partial charge on any atom is 0.319 e. The van der Waals surface area contributed by atoms with Crippen LogP contribution in [-0.4, -0.2) is 30.8 Å². The topological polar surface area (TPSA) is 64.6 Å². The summed E-state index contributed by atoms with van der Waals surface area (Å²) in [4.78, 5) is 24.9. The largest absolute Gasteiger partial charge is 0.495 e. The summed E-state index contributed by atoms with van der Waals surface area (Å²) in [6.07, 6.45) is 0. The van der Waals surface area contributed by atoms with Crippen LogP contribution in [-0.2, 0) is 14.3 Å². The summed E-state index contributed by atoms with van der Waals surface area (Å²) >= 11 is 1.39. The minimum absolute atomic E-state index is 0.337. The molecule has 2 rings (SSSR count). The van der Waals surface area contributed by atoms with Crippen molar-refractivity contribution in [2.75, 3.05) is 19.0 Å². The van der Waals surface area contributed by atoms with Gasteiger partial charge in [0.15, 0.2) is 6.61 Å². The molecule has 0 aliphatic rings. The monoisotopic (exact) mass is 345 g/mol. The van der Waals surface area contributed by atoms with Crippen LogP contribution in [0, 0.1) is 0 Å². The van der Waals surface area contributed by atoms with Gasteiger partial charge in [0.1, 0.15) is 11.0 Å². The molecule has 0 saturated carbocycles. The molecule has 0 saturated heterocycles. The Morgan fingerprint density at radius 2 is 1.75 bits per heavy atom. The average Bonchev–Trinajstić information content (AvgIpc) is 2.61. The second-order valence-electron chi connectivity index (χ2n) is 4.93. The fourth-order valence-electron chi connectivity index (χ4n) is 1.94. The predicted molar refractivity (Wildman–Crippen MR) is 94.3 cm³/mol. The summed E-state index contributed by atoms with van der Waals surface area (Å²) in [6, 6.07) is 16.6. The molecule has 0 heterocycles. The number of thioether (sulfide) groups is 1. The van der Waals surface area contributed by atoms with Gasteiger partial charge in [-0.3, -0.25) is 9.59 Å². The van der Waals surface area contributed by atoms with Crippen LogP contribution < -0.4 is 10.1 Å². The Balaban J connectivity index is 1.81. The highest BCUT2D eigenvalue weighted by atomic mass is 32.2. The van der Waals surface area contributed by atoms with E-state index in [-0.39, 0.29) is 6.61 Å². The van der Waals surface area contributed by atoms with Crippen LogP contribution in [0.25, 0.3) is 0 Å². The highest BCUT2D eigenvalue weighted by molar-refractivity contribution is 8.00. The molecule has 5 nitrogen and oxygen atoms in total. The van der Waals surface area contributed by atoms with E-state index in [1.807, 2.05) is 30.3 Å². The number of rotatable bonds is 7. The quantitative estimate of drug-likeness (QED) is 0.616. The predicted octanol–water partition coefficient (Wildman–Crippen LogP) is 3.36. The van der Waals surface area contributed by atoms with Crippen LogP contribution in [0.5, 0.6) is 5.75 Å². The Morgan fingerprint density at radius 3 is 2.46 bits per heavy atom. The first kappa shape index (κ1) is 17.9.